The third-order valence-corrected chi connectivity index (χ3v) is 4.34. The highest BCUT2D eigenvalue weighted by Gasteiger charge is 2.22. The van der Waals surface area contributed by atoms with Crippen LogP contribution in [0.3, 0.4) is 0 Å². The van der Waals surface area contributed by atoms with Gasteiger partial charge in [-0.2, -0.15) is 0 Å². The molecule has 1 aromatic heterocycles. The lowest BCUT2D eigenvalue weighted by Gasteiger charge is -2.19. The van der Waals surface area contributed by atoms with Crippen LogP contribution in [0.25, 0.3) is 10.1 Å². The molecule has 2 rings (SSSR count). The SMILES string of the molecule is C#CC(C)(C)NC(=O)c1sc2cc(Br)ccc2c1N. The van der Waals surface area contributed by atoms with E-state index in [2.05, 4.69) is 27.2 Å². The molecule has 5 heteroatoms. The first kappa shape index (κ1) is 13.9. The molecular formula is C14H13BrN2OS. The van der Waals surface area contributed by atoms with E-state index < -0.39 is 5.54 Å². The van der Waals surface area contributed by atoms with Crippen LogP contribution in [0.4, 0.5) is 5.69 Å². The molecule has 1 heterocycles. The number of benzene rings is 1. The Morgan fingerprint density at radius 1 is 1.53 bits per heavy atom. The molecule has 19 heavy (non-hydrogen) atoms. The summed E-state index contributed by atoms with van der Waals surface area (Å²) in [6, 6.07) is 5.74. The summed E-state index contributed by atoms with van der Waals surface area (Å²) in [4.78, 5) is 12.7. The average molecular weight is 337 g/mol. The Labute approximate surface area is 124 Å². The van der Waals surface area contributed by atoms with Crippen molar-refractivity contribution in [3.05, 3.63) is 27.5 Å². The second-order valence-electron chi connectivity index (χ2n) is 4.71. The molecule has 0 spiro atoms. The number of nitrogen functional groups attached to an aromatic ring is 1. The summed E-state index contributed by atoms with van der Waals surface area (Å²) in [6.07, 6.45) is 5.37. The van der Waals surface area contributed by atoms with Crippen molar-refractivity contribution in [2.24, 2.45) is 0 Å². The quantitative estimate of drug-likeness (QED) is 0.826. The number of amides is 1. The van der Waals surface area contributed by atoms with E-state index in [9.17, 15) is 4.79 Å². The van der Waals surface area contributed by atoms with Crippen LogP contribution in [-0.4, -0.2) is 11.4 Å². The number of hydrogen-bond donors (Lipinski definition) is 2. The maximum absolute atomic E-state index is 12.2. The minimum Gasteiger partial charge on any atom is -0.397 e. The van der Waals surface area contributed by atoms with Gasteiger partial charge in [-0.1, -0.05) is 27.9 Å². The number of carbonyl (C=O) groups excluding carboxylic acids is 1. The van der Waals surface area contributed by atoms with Crippen molar-refractivity contribution >= 4 is 48.9 Å². The van der Waals surface area contributed by atoms with Crippen LogP contribution in [-0.2, 0) is 0 Å². The van der Waals surface area contributed by atoms with E-state index >= 15 is 0 Å². The summed E-state index contributed by atoms with van der Waals surface area (Å²) >= 11 is 4.76. The zero-order valence-corrected chi connectivity index (χ0v) is 13.0. The molecule has 0 aliphatic heterocycles. The van der Waals surface area contributed by atoms with Gasteiger partial charge in [-0.3, -0.25) is 4.79 Å². The van der Waals surface area contributed by atoms with E-state index in [1.54, 1.807) is 13.8 Å². The Bertz CT molecular complexity index is 697. The molecule has 0 aliphatic rings. The predicted molar refractivity (Wildman–Crippen MR) is 84.3 cm³/mol. The minimum absolute atomic E-state index is 0.238. The van der Waals surface area contributed by atoms with Crippen LogP contribution < -0.4 is 11.1 Å². The number of terminal acetylenes is 1. The van der Waals surface area contributed by atoms with Crippen LogP contribution in [0.15, 0.2) is 22.7 Å². The van der Waals surface area contributed by atoms with Crippen molar-refractivity contribution < 1.29 is 4.79 Å². The molecule has 1 amide bonds. The number of thiophene rings is 1. The highest BCUT2D eigenvalue weighted by Crippen LogP contribution is 2.35. The van der Waals surface area contributed by atoms with Crippen molar-refractivity contribution in [2.75, 3.05) is 5.73 Å². The van der Waals surface area contributed by atoms with Crippen molar-refractivity contribution in [2.45, 2.75) is 19.4 Å². The number of hydrogen-bond acceptors (Lipinski definition) is 3. The Hall–Kier alpha value is -1.51. The summed E-state index contributed by atoms with van der Waals surface area (Å²) in [5, 5.41) is 3.67. The van der Waals surface area contributed by atoms with Crippen LogP contribution in [0.2, 0.25) is 0 Å². The maximum Gasteiger partial charge on any atom is 0.264 e. The first-order valence-electron chi connectivity index (χ1n) is 5.62. The number of carbonyl (C=O) groups is 1. The molecule has 0 saturated heterocycles. The Balaban J connectivity index is 2.44. The maximum atomic E-state index is 12.2. The van der Waals surface area contributed by atoms with E-state index in [4.69, 9.17) is 12.2 Å². The third kappa shape index (κ3) is 2.75. The lowest BCUT2D eigenvalue weighted by molar-refractivity contribution is 0.0935. The van der Waals surface area contributed by atoms with E-state index in [1.807, 2.05) is 18.2 Å². The second-order valence-corrected chi connectivity index (χ2v) is 6.68. The Morgan fingerprint density at radius 3 is 2.84 bits per heavy atom. The molecule has 0 fully saturated rings. The van der Waals surface area contributed by atoms with Gasteiger partial charge < -0.3 is 11.1 Å². The van der Waals surface area contributed by atoms with Crippen LogP contribution >= 0.6 is 27.3 Å². The van der Waals surface area contributed by atoms with Gasteiger partial charge in [0.05, 0.1) is 11.2 Å². The number of rotatable bonds is 2. The monoisotopic (exact) mass is 336 g/mol. The van der Waals surface area contributed by atoms with Gasteiger partial charge in [0, 0.05) is 14.6 Å². The normalized spacial score (nSPS) is 11.3. The molecule has 0 unspecified atom stereocenters. The third-order valence-electron chi connectivity index (χ3n) is 2.68. The number of nitrogens with two attached hydrogens (primary N) is 1. The standard InChI is InChI=1S/C14H13BrN2OS/c1-4-14(2,3)17-13(18)12-11(16)9-6-5-8(15)7-10(9)19-12/h1,5-7H,16H2,2-3H3,(H,17,18). The van der Waals surface area contributed by atoms with Gasteiger partial charge in [0.1, 0.15) is 4.88 Å². The summed E-state index contributed by atoms with van der Waals surface area (Å²) in [6.45, 7) is 3.54. The smallest absolute Gasteiger partial charge is 0.264 e. The van der Waals surface area contributed by atoms with Crippen LogP contribution in [0.5, 0.6) is 0 Å². The van der Waals surface area contributed by atoms with Gasteiger partial charge in [-0.25, -0.2) is 0 Å². The number of halogens is 1. The molecule has 98 valence electrons. The first-order chi connectivity index (χ1) is 8.84. The molecule has 1 aromatic carbocycles. The molecule has 0 radical (unpaired) electrons. The average Bonchev–Trinajstić information content (AvgIpc) is 2.66. The lowest BCUT2D eigenvalue weighted by Crippen LogP contribution is -2.41. The Morgan fingerprint density at radius 2 is 2.21 bits per heavy atom. The molecule has 0 aliphatic carbocycles. The van der Waals surface area contributed by atoms with Crippen molar-refractivity contribution in [3.8, 4) is 12.3 Å². The van der Waals surface area contributed by atoms with Crippen LogP contribution in [0.1, 0.15) is 23.5 Å². The summed E-state index contributed by atoms with van der Waals surface area (Å²) in [5.41, 5.74) is 5.84. The van der Waals surface area contributed by atoms with Crippen LogP contribution in [0, 0.1) is 12.3 Å². The topological polar surface area (TPSA) is 55.1 Å². The summed E-state index contributed by atoms with van der Waals surface area (Å²) in [5.74, 6) is 2.29. The van der Waals surface area contributed by atoms with E-state index in [0.717, 1.165) is 14.6 Å². The summed E-state index contributed by atoms with van der Waals surface area (Å²) in [7, 11) is 0. The number of nitrogens with one attached hydrogen (secondary N) is 1. The van der Waals surface area contributed by atoms with E-state index in [-0.39, 0.29) is 5.91 Å². The fraction of sp³-hybridized carbons (Fsp3) is 0.214. The second kappa shape index (κ2) is 4.87. The van der Waals surface area contributed by atoms with Gasteiger partial charge >= 0.3 is 0 Å². The van der Waals surface area contributed by atoms with Gasteiger partial charge in [-0.05, 0) is 26.0 Å². The fourth-order valence-electron chi connectivity index (χ4n) is 1.64. The largest absolute Gasteiger partial charge is 0.397 e. The van der Waals surface area contributed by atoms with E-state index in [0.29, 0.717) is 10.6 Å². The Kier molecular flexibility index (Phi) is 3.57. The predicted octanol–water partition coefficient (Wildman–Crippen LogP) is 3.39. The van der Waals surface area contributed by atoms with E-state index in [1.165, 1.54) is 11.3 Å². The molecular weight excluding hydrogens is 324 g/mol. The van der Waals surface area contributed by atoms with Crippen molar-refractivity contribution in [3.63, 3.8) is 0 Å². The van der Waals surface area contributed by atoms with Gasteiger partial charge in [-0.15, -0.1) is 17.8 Å². The number of fused-ring (bicyclic) bond motifs is 1. The zero-order valence-electron chi connectivity index (χ0n) is 10.6. The molecule has 0 atom stereocenters. The van der Waals surface area contributed by atoms with Crippen molar-refractivity contribution in [1.29, 1.82) is 0 Å². The molecule has 3 N–H and O–H groups in total. The van der Waals surface area contributed by atoms with Crippen molar-refractivity contribution in [1.82, 2.24) is 5.32 Å². The fourth-order valence-corrected chi connectivity index (χ4v) is 3.21. The molecule has 0 saturated carbocycles. The molecule has 2 aromatic rings. The summed E-state index contributed by atoms with van der Waals surface area (Å²) < 4.78 is 1.92. The first-order valence-corrected chi connectivity index (χ1v) is 7.23. The van der Waals surface area contributed by atoms with Gasteiger partial charge in [0.2, 0.25) is 0 Å². The lowest BCUT2D eigenvalue weighted by atomic mass is 10.1. The van der Waals surface area contributed by atoms with Gasteiger partial charge in [0.15, 0.2) is 0 Å². The highest BCUT2D eigenvalue weighted by atomic mass is 79.9. The number of anilines is 1. The van der Waals surface area contributed by atoms with Gasteiger partial charge in [0.25, 0.3) is 5.91 Å². The molecule has 0 bridgehead atoms. The minimum atomic E-state index is -0.694. The highest BCUT2D eigenvalue weighted by molar-refractivity contribution is 9.10. The molecule has 3 nitrogen and oxygen atoms in total. The zero-order chi connectivity index (χ0) is 14.2.